The minimum atomic E-state index is -0.655. The van der Waals surface area contributed by atoms with E-state index in [1.165, 1.54) is 11.1 Å². The van der Waals surface area contributed by atoms with Crippen molar-refractivity contribution in [2.45, 2.75) is 58.7 Å². The van der Waals surface area contributed by atoms with Crippen LogP contribution in [0.5, 0.6) is 0 Å². The molecule has 0 bridgehead atoms. The molecule has 0 aromatic heterocycles. The maximum atomic E-state index is 13.0. The quantitative estimate of drug-likeness (QED) is 0.323. The number of ether oxygens (including phenoxy) is 2. The minimum absolute atomic E-state index is 0.197. The molecule has 3 aromatic carbocycles. The molecule has 0 amide bonds. The first-order valence-electron chi connectivity index (χ1n) is 12.7. The summed E-state index contributed by atoms with van der Waals surface area (Å²) >= 11 is 0. The first-order chi connectivity index (χ1) is 17.4. The molecular weight excluding hydrogens is 450 g/mol. The van der Waals surface area contributed by atoms with E-state index in [1.807, 2.05) is 74.5 Å². The van der Waals surface area contributed by atoms with E-state index in [0.717, 1.165) is 17.5 Å². The smallest absolute Gasteiger partial charge is 0.323 e. The van der Waals surface area contributed by atoms with Gasteiger partial charge in [-0.1, -0.05) is 98.8 Å². The van der Waals surface area contributed by atoms with Crippen LogP contribution in [-0.4, -0.2) is 30.6 Å². The number of esters is 2. The minimum Gasteiger partial charge on any atom is -0.465 e. The molecule has 0 aliphatic rings. The third-order valence-corrected chi connectivity index (χ3v) is 5.90. The van der Waals surface area contributed by atoms with Crippen LogP contribution in [0.3, 0.4) is 0 Å². The molecule has 0 saturated carbocycles. The monoisotopic (exact) mass is 487 g/mol. The number of carbonyl (C=O) groups is 2. The van der Waals surface area contributed by atoms with Gasteiger partial charge in [0, 0.05) is 0 Å². The molecule has 5 nitrogen and oxygen atoms in total. The Morgan fingerprint density at radius 1 is 0.694 bits per heavy atom. The van der Waals surface area contributed by atoms with Gasteiger partial charge >= 0.3 is 11.9 Å². The Morgan fingerprint density at radius 3 is 1.81 bits per heavy atom. The number of hydrogen-bond acceptors (Lipinski definition) is 5. The van der Waals surface area contributed by atoms with Crippen LogP contribution in [0.2, 0.25) is 0 Å². The summed E-state index contributed by atoms with van der Waals surface area (Å²) in [7, 11) is 0. The van der Waals surface area contributed by atoms with Crippen molar-refractivity contribution in [2.75, 3.05) is 6.61 Å². The molecule has 1 unspecified atom stereocenters. The van der Waals surface area contributed by atoms with Crippen LogP contribution in [-0.2, 0) is 38.5 Å². The van der Waals surface area contributed by atoms with Crippen LogP contribution < -0.4 is 5.32 Å². The van der Waals surface area contributed by atoms with Crippen molar-refractivity contribution in [3.63, 3.8) is 0 Å². The van der Waals surface area contributed by atoms with E-state index < -0.39 is 12.1 Å². The van der Waals surface area contributed by atoms with E-state index in [4.69, 9.17) is 9.47 Å². The summed E-state index contributed by atoms with van der Waals surface area (Å²) in [6, 6.07) is 26.9. The summed E-state index contributed by atoms with van der Waals surface area (Å²) in [5.74, 6) is -0.484. The molecule has 190 valence electrons. The highest BCUT2D eigenvalue weighted by Crippen LogP contribution is 2.15. The zero-order chi connectivity index (χ0) is 25.8. The van der Waals surface area contributed by atoms with Gasteiger partial charge in [0.1, 0.15) is 18.7 Å². The first kappa shape index (κ1) is 27.2. The molecule has 0 saturated heterocycles. The molecule has 2 atom stereocenters. The third kappa shape index (κ3) is 8.97. The predicted molar refractivity (Wildman–Crippen MR) is 142 cm³/mol. The van der Waals surface area contributed by atoms with Crippen molar-refractivity contribution in [3.05, 3.63) is 107 Å². The first-order valence-corrected chi connectivity index (χ1v) is 12.7. The van der Waals surface area contributed by atoms with Crippen molar-refractivity contribution in [3.8, 4) is 0 Å². The van der Waals surface area contributed by atoms with E-state index in [-0.39, 0.29) is 31.1 Å². The van der Waals surface area contributed by atoms with Gasteiger partial charge in [-0.25, -0.2) is 0 Å². The van der Waals surface area contributed by atoms with Gasteiger partial charge in [0.05, 0.1) is 6.61 Å². The molecular formula is C31H37NO4. The average Bonchev–Trinajstić information content (AvgIpc) is 2.88. The van der Waals surface area contributed by atoms with Crippen LogP contribution in [0.1, 0.15) is 49.4 Å². The number of rotatable bonds is 13. The lowest BCUT2D eigenvalue weighted by molar-refractivity contribution is -0.150. The Kier molecular flexibility index (Phi) is 10.7. The lowest BCUT2D eigenvalue weighted by Gasteiger charge is -2.25. The van der Waals surface area contributed by atoms with E-state index in [1.54, 1.807) is 6.92 Å². The molecule has 0 spiro atoms. The van der Waals surface area contributed by atoms with Crippen molar-refractivity contribution in [1.82, 2.24) is 5.32 Å². The highest BCUT2D eigenvalue weighted by molar-refractivity contribution is 5.80. The van der Waals surface area contributed by atoms with E-state index in [9.17, 15) is 9.59 Å². The second kappa shape index (κ2) is 14.2. The molecule has 0 radical (unpaired) electrons. The van der Waals surface area contributed by atoms with Crippen molar-refractivity contribution < 1.29 is 19.1 Å². The maximum absolute atomic E-state index is 13.0. The lowest BCUT2D eigenvalue weighted by Crippen LogP contribution is -2.50. The van der Waals surface area contributed by atoms with Gasteiger partial charge in [0.2, 0.25) is 0 Å². The highest BCUT2D eigenvalue weighted by Gasteiger charge is 2.29. The molecule has 0 fully saturated rings. The molecule has 36 heavy (non-hydrogen) atoms. The Bertz CT molecular complexity index is 1060. The topological polar surface area (TPSA) is 64.6 Å². The van der Waals surface area contributed by atoms with Gasteiger partial charge in [0.15, 0.2) is 0 Å². The summed E-state index contributed by atoms with van der Waals surface area (Å²) < 4.78 is 10.9. The maximum Gasteiger partial charge on any atom is 0.323 e. The zero-order valence-electron chi connectivity index (χ0n) is 21.5. The summed E-state index contributed by atoms with van der Waals surface area (Å²) in [5, 5.41) is 3.26. The Morgan fingerprint density at radius 2 is 1.22 bits per heavy atom. The molecule has 1 N–H and O–H groups in total. The van der Waals surface area contributed by atoms with Crippen LogP contribution in [0, 0.1) is 5.92 Å². The predicted octanol–water partition coefficient (Wildman–Crippen LogP) is 5.50. The summed E-state index contributed by atoms with van der Waals surface area (Å²) in [6.07, 6.45) is 1.83. The molecule has 5 heteroatoms. The van der Waals surface area contributed by atoms with Crippen molar-refractivity contribution in [2.24, 2.45) is 5.92 Å². The summed E-state index contributed by atoms with van der Waals surface area (Å²) in [6.45, 7) is 6.35. The van der Waals surface area contributed by atoms with Gasteiger partial charge < -0.3 is 9.47 Å². The van der Waals surface area contributed by atoms with Crippen LogP contribution >= 0.6 is 0 Å². The number of carbonyl (C=O) groups excluding carboxylic acids is 2. The Balaban J connectivity index is 1.68. The second-order valence-corrected chi connectivity index (χ2v) is 9.43. The van der Waals surface area contributed by atoms with Crippen LogP contribution in [0.4, 0.5) is 0 Å². The normalized spacial score (nSPS) is 12.7. The third-order valence-electron chi connectivity index (χ3n) is 5.90. The number of hydrogen-bond donors (Lipinski definition) is 1. The zero-order valence-corrected chi connectivity index (χ0v) is 21.5. The SMILES string of the molecule is CCOC(=O)C(Cc1ccc(Cc2ccccc2)cc1)N[C@@H](CC(C)C)C(=O)OCc1ccccc1. The van der Waals surface area contributed by atoms with Gasteiger partial charge in [-0.3, -0.25) is 14.9 Å². The second-order valence-electron chi connectivity index (χ2n) is 9.43. The molecule has 0 aliphatic heterocycles. The standard InChI is InChI=1S/C31H37NO4/c1-4-35-30(33)29(21-26-17-15-25(16-18-26)20-24-11-7-5-8-12-24)32-28(19-23(2)3)31(34)36-22-27-13-9-6-10-14-27/h5-18,23,28-29,32H,4,19-22H2,1-3H3/t28-,29?/m0/s1. The van der Waals surface area contributed by atoms with Crippen LogP contribution in [0.15, 0.2) is 84.9 Å². The molecule has 3 rings (SSSR count). The molecule has 0 heterocycles. The van der Waals surface area contributed by atoms with Crippen molar-refractivity contribution >= 4 is 11.9 Å². The Labute approximate surface area is 214 Å². The Hall–Kier alpha value is -3.44. The van der Waals surface area contributed by atoms with Gasteiger partial charge in [-0.2, -0.15) is 0 Å². The largest absolute Gasteiger partial charge is 0.465 e. The van der Waals surface area contributed by atoms with Gasteiger partial charge in [-0.15, -0.1) is 0 Å². The van der Waals surface area contributed by atoms with Gasteiger partial charge in [-0.05, 0) is 54.4 Å². The fourth-order valence-electron chi connectivity index (χ4n) is 4.09. The fraction of sp³-hybridized carbons (Fsp3) is 0.355. The lowest BCUT2D eigenvalue weighted by atomic mass is 9.98. The van der Waals surface area contributed by atoms with Gasteiger partial charge in [0.25, 0.3) is 0 Å². The van der Waals surface area contributed by atoms with Crippen molar-refractivity contribution in [1.29, 1.82) is 0 Å². The van der Waals surface area contributed by atoms with E-state index in [0.29, 0.717) is 12.8 Å². The van der Waals surface area contributed by atoms with Crippen LogP contribution in [0.25, 0.3) is 0 Å². The summed E-state index contributed by atoms with van der Waals surface area (Å²) in [4.78, 5) is 25.8. The molecule has 0 aliphatic carbocycles. The van der Waals surface area contributed by atoms with E-state index in [2.05, 4.69) is 29.6 Å². The number of nitrogens with one attached hydrogen (secondary N) is 1. The fourth-order valence-corrected chi connectivity index (χ4v) is 4.09. The summed E-state index contributed by atoms with van der Waals surface area (Å²) in [5.41, 5.74) is 4.37. The molecule has 3 aromatic rings. The number of benzene rings is 3. The average molecular weight is 488 g/mol. The highest BCUT2D eigenvalue weighted by atomic mass is 16.5. The van der Waals surface area contributed by atoms with E-state index >= 15 is 0 Å².